The summed E-state index contributed by atoms with van der Waals surface area (Å²) in [7, 11) is 1.47. The second-order valence-corrected chi connectivity index (χ2v) is 6.92. The molecular weight excluding hydrogens is 394 g/mol. The number of nitrogens with zero attached hydrogens (tertiary/aromatic N) is 4. The third-order valence-electron chi connectivity index (χ3n) is 5.27. The van der Waals surface area contributed by atoms with E-state index >= 15 is 0 Å². The number of azide groups is 1. The van der Waals surface area contributed by atoms with Gasteiger partial charge in [-0.3, -0.25) is 4.79 Å². The first-order valence-electron chi connectivity index (χ1n) is 9.40. The first kappa shape index (κ1) is 19.8. The lowest BCUT2D eigenvalue weighted by atomic mass is 9.80. The monoisotopic (exact) mass is 411 g/mol. The number of benzene rings is 3. The summed E-state index contributed by atoms with van der Waals surface area (Å²) >= 11 is 0. The molecule has 0 radical (unpaired) electrons. The highest BCUT2D eigenvalue weighted by Crippen LogP contribution is 2.46. The molecule has 0 bridgehead atoms. The number of nitrogens with two attached hydrogens (primary N) is 1. The largest absolute Gasteiger partial charge is 0.493 e. The van der Waals surface area contributed by atoms with Crippen molar-refractivity contribution in [3.8, 4) is 17.6 Å². The van der Waals surface area contributed by atoms with Gasteiger partial charge in [-0.25, -0.2) is 0 Å². The number of rotatable bonds is 5. The molecule has 1 aliphatic rings. The minimum Gasteiger partial charge on any atom is -0.493 e. The average Bonchev–Trinajstić information content (AvgIpc) is 2.80. The van der Waals surface area contributed by atoms with Crippen LogP contribution in [0.3, 0.4) is 0 Å². The van der Waals surface area contributed by atoms with Crippen molar-refractivity contribution >= 4 is 16.6 Å². The van der Waals surface area contributed by atoms with Crippen LogP contribution in [0.5, 0.6) is 11.5 Å². The first-order valence-corrected chi connectivity index (χ1v) is 9.40. The van der Waals surface area contributed by atoms with Gasteiger partial charge in [-0.2, -0.15) is 5.26 Å². The lowest BCUT2D eigenvalue weighted by molar-refractivity contribution is 0.0952. The first-order chi connectivity index (χ1) is 15.1. The van der Waals surface area contributed by atoms with Gasteiger partial charge >= 0.3 is 0 Å². The van der Waals surface area contributed by atoms with Gasteiger partial charge in [0.1, 0.15) is 12.1 Å². The van der Waals surface area contributed by atoms with Crippen LogP contribution in [0.25, 0.3) is 21.2 Å². The number of hydrogen-bond acceptors (Lipinski definition) is 6. The Labute approximate surface area is 177 Å². The number of hydrogen-bond donors (Lipinski definition) is 1. The maximum Gasteiger partial charge on any atom is 0.205 e. The second-order valence-electron chi connectivity index (χ2n) is 6.92. The van der Waals surface area contributed by atoms with Crippen molar-refractivity contribution in [2.45, 2.75) is 12.0 Å². The van der Waals surface area contributed by atoms with Crippen LogP contribution in [0.1, 0.15) is 21.8 Å². The van der Waals surface area contributed by atoms with E-state index in [4.69, 9.17) is 15.2 Å². The number of ether oxygens (including phenoxy) is 2. The number of carbonyl (C=O) groups is 1. The highest BCUT2D eigenvalue weighted by atomic mass is 16.5. The van der Waals surface area contributed by atoms with E-state index in [2.05, 4.69) is 10.0 Å². The van der Waals surface area contributed by atoms with E-state index in [9.17, 15) is 15.6 Å². The molecule has 1 aliphatic heterocycles. The molecule has 2 N–H and O–H groups in total. The van der Waals surface area contributed by atoms with E-state index < -0.39 is 17.7 Å². The van der Waals surface area contributed by atoms with Gasteiger partial charge in [0.05, 0.1) is 12.7 Å². The van der Waals surface area contributed by atoms with Crippen LogP contribution in [0.2, 0.25) is 0 Å². The van der Waals surface area contributed by atoms with Gasteiger partial charge in [0.25, 0.3) is 0 Å². The highest BCUT2D eigenvalue weighted by Gasteiger charge is 2.40. The Hall–Kier alpha value is -4.47. The number of ketones is 1. The zero-order valence-corrected chi connectivity index (χ0v) is 16.5. The smallest absolute Gasteiger partial charge is 0.205 e. The quantitative estimate of drug-likeness (QED) is 0.284. The van der Waals surface area contributed by atoms with Crippen LogP contribution in [0.4, 0.5) is 0 Å². The standard InChI is InChI=1S/C23H17N5O3/c1-30-18-8-4-7-16-19(17(12-24)23(25)31-22(16)18)20(27-28-26)21(29)15-10-9-13-5-2-3-6-14(13)11-15/h2-11,19-20H,25H2,1H3. The predicted octanol–water partition coefficient (Wildman–Crippen LogP) is 4.58. The Morgan fingerprint density at radius 1 is 1.23 bits per heavy atom. The number of para-hydroxylation sites is 1. The van der Waals surface area contributed by atoms with Crippen molar-refractivity contribution in [2.75, 3.05) is 7.11 Å². The summed E-state index contributed by atoms with van der Waals surface area (Å²) in [4.78, 5) is 16.4. The molecule has 0 aromatic heterocycles. The summed E-state index contributed by atoms with van der Waals surface area (Å²) in [5, 5.41) is 15.4. The van der Waals surface area contributed by atoms with Crippen LogP contribution in [0.15, 0.2) is 77.2 Å². The van der Waals surface area contributed by atoms with E-state index in [1.165, 1.54) is 7.11 Å². The summed E-state index contributed by atoms with van der Waals surface area (Å²) in [6.07, 6.45) is 0. The molecule has 4 rings (SSSR count). The molecule has 0 fully saturated rings. The van der Waals surface area contributed by atoms with Crippen molar-refractivity contribution in [3.63, 3.8) is 0 Å². The molecule has 3 aromatic rings. The van der Waals surface area contributed by atoms with Crippen molar-refractivity contribution in [1.29, 1.82) is 5.26 Å². The van der Waals surface area contributed by atoms with Crippen molar-refractivity contribution < 1.29 is 14.3 Å². The van der Waals surface area contributed by atoms with Crippen LogP contribution >= 0.6 is 0 Å². The van der Waals surface area contributed by atoms with E-state index in [1.54, 1.807) is 30.3 Å². The predicted molar refractivity (Wildman–Crippen MR) is 114 cm³/mol. The molecule has 8 heteroatoms. The van der Waals surface area contributed by atoms with Crippen LogP contribution in [-0.4, -0.2) is 18.9 Å². The molecule has 0 aliphatic carbocycles. The molecule has 1 heterocycles. The number of carbonyl (C=O) groups excluding carboxylic acids is 1. The van der Waals surface area contributed by atoms with E-state index in [0.29, 0.717) is 16.9 Å². The van der Waals surface area contributed by atoms with Gasteiger partial charge in [0.15, 0.2) is 17.3 Å². The third-order valence-corrected chi connectivity index (χ3v) is 5.27. The molecule has 3 aromatic carbocycles. The maximum atomic E-state index is 13.5. The van der Waals surface area contributed by atoms with E-state index in [1.807, 2.05) is 36.4 Å². The summed E-state index contributed by atoms with van der Waals surface area (Å²) in [5.41, 5.74) is 16.1. The Morgan fingerprint density at radius 3 is 2.71 bits per heavy atom. The topological polar surface area (TPSA) is 134 Å². The van der Waals surface area contributed by atoms with Gasteiger partial charge in [0, 0.05) is 22.0 Å². The van der Waals surface area contributed by atoms with Crippen LogP contribution in [-0.2, 0) is 0 Å². The minimum absolute atomic E-state index is 0.0206. The summed E-state index contributed by atoms with van der Waals surface area (Å²) in [6, 6.07) is 18.7. The van der Waals surface area contributed by atoms with Gasteiger partial charge in [0.2, 0.25) is 5.88 Å². The Kier molecular flexibility index (Phi) is 5.19. The molecule has 0 amide bonds. The molecule has 152 valence electrons. The van der Waals surface area contributed by atoms with Crippen LogP contribution in [0, 0.1) is 11.3 Å². The molecule has 0 saturated carbocycles. The zero-order chi connectivity index (χ0) is 22.0. The Balaban J connectivity index is 1.88. The molecule has 2 unspecified atom stereocenters. The van der Waals surface area contributed by atoms with Crippen molar-refractivity contribution in [1.82, 2.24) is 0 Å². The lowest BCUT2D eigenvalue weighted by Gasteiger charge is -2.30. The highest BCUT2D eigenvalue weighted by molar-refractivity contribution is 6.04. The minimum atomic E-state index is -1.24. The fourth-order valence-electron chi connectivity index (χ4n) is 3.81. The van der Waals surface area contributed by atoms with Gasteiger partial charge in [-0.15, -0.1) is 0 Å². The van der Waals surface area contributed by atoms with Crippen molar-refractivity contribution in [2.24, 2.45) is 10.8 Å². The fourth-order valence-corrected chi connectivity index (χ4v) is 3.81. The molecule has 0 saturated heterocycles. The molecule has 31 heavy (non-hydrogen) atoms. The normalized spacial score (nSPS) is 15.8. The number of methoxy groups -OCH3 is 1. The van der Waals surface area contributed by atoms with Gasteiger partial charge < -0.3 is 15.2 Å². The van der Waals surface area contributed by atoms with Crippen LogP contribution < -0.4 is 15.2 Å². The summed E-state index contributed by atoms with van der Waals surface area (Å²) in [6.45, 7) is 0. The zero-order valence-electron chi connectivity index (χ0n) is 16.5. The van der Waals surface area contributed by atoms with Crippen molar-refractivity contribution in [3.05, 3.63) is 93.7 Å². The third kappa shape index (κ3) is 3.39. The molecule has 2 atom stereocenters. The van der Waals surface area contributed by atoms with Gasteiger partial charge in [-0.05, 0) is 28.4 Å². The molecular formula is C23H17N5O3. The van der Waals surface area contributed by atoms with E-state index in [0.717, 1.165) is 10.8 Å². The lowest BCUT2D eigenvalue weighted by Crippen LogP contribution is -2.32. The fraction of sp³-hybridized carbons (Fsp3) is 0.130. The number of fused-ring (bicyclic) bond motifs is 2. The maximum absolute atomic E-state index is 13.5. The molecule has 0 spiro atoms. The summed E-state index contributed by atoms with van der Waals surface area (Å²) < 4.78 is 11.0. The van der Waals surface area contributed by atoms with Gasteiger partial charge in [-0.1, -0.05) is 53.6 Å². The second kappa shape index (κ2) is 8.11. The summed E-state index contributed by atoms with van der Waals surface area (Å²) in [5.74, 6) is -0.825. The Morgan fingerprint density at radius 2 is 2.00 bits per heavy atom. The van der Waals surface area contributed by atoms with E-state index in [-0.39, 0.29) is 17.2 Å². The SMILES string of the molecule is COc1cccc2c1OC(N)=C(C#N)C2C(N=[N+]=[N-])C(=O)c1ccc2ccccc2c1. The Bertz CT molecular complexity index is 1320. The molecule has 8 nitrogen and oxygen atoms in total. The number of Topliss-reactive ketones (excluding diaryl/α,β-unsaturated/α-hetero) is 1. The number of nitriles is 1. The average molecular weight is 411 g/mol.